The number of carbonyl (C=O) groups excluding carboxylic acids is 1. The molecule has 0 amide bonds. The zero-order valence-corrected chi connectivity index (χ0v) is 13.5. The molecule has 1 aromatic rings. The van der Waals surface area contributed by atoms with Crippen LogP contribution in [0.3, 0.4) is 0 Å². The largest absolute Gasteiger partial charge is 0.465 e. The number of carbonyl (C=O) groups is 1. The van der Waals surface area contributed by atoms with E-state index in [1.54, 1.807) is 20.8 Å². The van der Waals surface area contributed by atoms with Gasteiger partial charge in [0.05, 0.1) is 23.2 Å². The van der Waals surface area contributed by atoms with Crippen molar-refractivity contribution in [1.82, 2.24) is 0 Å². The molecule has 0 aliphatic heterocycles. The van der Waals surface area contributed by atoms with Crippen LogP contribution in [0.15, 0.2) is 18.2 Å². The Bertz CT molecular complexity index is 706. The van der Waals surface area contributed by atoms with E-state index in [-0.39, 0.29) is 11.1 Å². The topological polar surface area (TPSA) is 130 Å². The lowest BCUT2D eigenvalue weighted by atomic mass is 9.84. The number of nitrogens with zero attached hydrogens (tertiary/aromatic N) is 1. The number of esters is 1. The second-order valence-electron chi connectivity index (χ2n) is 5.82. The lowest BCUT2D eigenvalue weighted by molar-refractivity contribution is -0.385. The third-order valence-electron chi connectivity index (χ3n) is 3.06. The van der Waals surface area contributed by atoms with Crippen LogP contribution in [0.1, 0.15) is 41.9 Å². The molecule has 0 aliphatic rings. The lowest BCUT2D eigenvalue weighted by Crippen LogP contribution is -2.33. The highest BCUT2D eigenvalue weighted by Crippen LogP contribution is 2.43. The summed E-state index contributed by atoms with van der Waals surface area (Å²) in [5.41, 5.74) is -1.90. The average Bonchev–Trinajstić information content (AvgIpc) is 2.34. The molecule has 0 heterocycles. The number of hydrogen-bond acceptors (Lipinski definition) is 6. The first-order valence-corrected chi connectivity index (χ1v) is 7.89. The monoisotopic (exact) mass is 330 g/mol. The van der Waals surface area contributed by atoms with E-state index in [1.165, 1.54) is 12.1 Å². The quantitative estimate of drug-likeness (QED) is 0.508. The molecule has 0 spiro atoms. The number of primary sulfonamides is 1. The molecule has 1 unspecified atom stereocenters. The molecule has 1 atom stereocenters. The lowest BCUT2D eigenvalue weighted by Gasteiger charge is -2.29. The molecule has 0 aliphatic carbocycles. The maximum absolute atomic E-state index is 12.0. The van der Waals surface area contributed by atoms with E-state index in [1.807, 2.05) is 0 Å². The molecule has 0 saturated heterocycles. The summed E-state index contributed by atoms with van der Waals surface area (Å²) in [7, 11) is -3.10. The first-order valence-electron chi connectivity index (χ1n) is 6.28. The van der Waals surface area contributed by atoms with Crippen molar-refractivity contribution in [3.8, 4) is 0 Å². The number of hydrogen-bond donors (Lipinski definition) is 1. The van der Waals surface area contributed by atoms with E-state index >= 15 is 0 Å². The maximum Gasteiger partial charge on any atom is 0.338 e. The third kappa shape index (κ3) is 3.60. The Balaban J connectivity index is 3.88. The number of methoxy groups -OCH3 is 1. The predicted molar refractivity (Wildman–Crippen MR) is 79.7 cm³/mol. The van der Waals surface area contributed by atoms with Gasteiger partial charge in [-0.15, -0.1) is 0 Å². The van der Waals surface area contributed by atoms with Gasteiger partial charge in [-0.1, -0.05) is 26.8 Å². The fraction of sp³-hybridized carbons (Fsp3) is 0.462. The maximum atomic E-state index is 12.0. The van der Waals surface area contributed by atoms with Crippen LogP contribution in [0.5, 0.6) is 0 Å². The zero-order valence-electron chi connectivity index (χ0n) is 12.7. The van der Waals surface area contributed by atoms with Crippen molar-refractivity contribution in [3.05, 3.63) is 39.4 Å². The molecule has 9 heteroatoms. The molecule has 0 saturated carbocycles. The first kappa shape index (κ1) is 18.1. The SMILES string of the molecule is COC(=O)c1cccc([N+](=O)[O-])c1C(C(C)(C)C)S(N)(=O)=O. The molecule has 1 rings (SSSR count). The van der Waals surface area contributed by atoms with Crippen molar-refractivity contribution >= 4 is 21.7 Å². The van der Waals surface area contributed by atoms with E-state index in [4.69, 9.17) is 5.14 Å². The Hall–Kier alpha value is -2.00. The molecule has 122 valence electrons. The molecule has 0 radical (unpaired) electrons. The van der Waals surface area contributed by atoms with Crippen LogP contribution in [-0.4, -0.2) is 26.4 Å². The fourth-order valence-electron chi connectivity index (χ4n) is 2.37. The Labute approximate surface area is 128 Å². The number of nitro benzene ring substituents is 1. The number of benzene rings is 1. The van der Waals surface area contributed by atoms with Gasteiger partial charge in [-0.25, -0.2) is 18.4 Å². The smallest absolute Gasteiger partial charge is 0.338 e. The minimum Gasteiger partial charge on any atom is -0.465 e. The van der Waals surface area contributed by atoms with Crippen LogP contribution in [0.2, 0.25) is 0 Å². The highest BCUT2D eigenvalue weighted by atomic mass is 32.2. The molecule has 2 N–H and O–H groups in total. The van der Waals surface area contributed by atoms with Gasteiger partial charge in [0.25, 0.3) is 5.69 Å². The van der Waals surface area contributed by atoms with Crippen LogP contribution in [0.25, 0.3) is 0 Å². The Kier molecular flexibility index (Phi) is 4.93. The van der Waals surface area contributed by atoms with Gasteiger partial charge in [-0.3, -0.25) is 10.1 Å². The summed E-state index contributed by atoms with van der Waals surface area (Å²) in [6.45, 7) is 4.71. The van der Waals surface area contributed by atoms with Crippen LogP contribution < -0.4 is 5.14 Å². The summed E-state index contributed by atoms with van der Waals surface area (Å²) in [6, 6.07) is 3.69. The highest BCUT2D eigenvalue weighted by Gasteiger charge is 2.42. The van der Waals surface area contributed by atoms with Gasteiger partial charge in [0.2, 0.25) is 10.0 Å². The van der Waals surface area contributed by atoms with E-state index in [0.717, 1.165) is 13.2 Å². The van der Waals surface area contributed by atoms with Crippen LogP contribution in [0.4, 0.5) is 5.69 Å². The summed E-state index contributed by atoms with van der Waals surface area (Å²) < 4.78 is 28.6. The molecule has 22 heavy (non-hydrogen) atoms. The summed E-state index contributed by atoms with van der Waals surface area (Å²) in [5, 5.41) is 15.1. The molecular formula is C13H18N2O6S. The van der Waals surface area contributed by atoms with E-state index in [0.29, 0.717) is 0 Å². The summed E-state index contributed by atoms with van der Waals surface area (Å²) in [4.78, 5) is 22.4. The summed E-state index contributed by atoms with van der Waals surface area (Å²) >= 11 is 0. The summed E-state index contributed by atoms with van der Waals surface area (Å²) in [6.07, 6.45) is 0. The van der Waals surface area contributed by atoms with Gasteiger partial charge in [-0.05, 0) is 11.5 Å². The number of ether oxygens (including phenoxy) is 1. The number of rotatable bonds is 4. The second-order valence-corrected chi connectivity index (χ2v) is 7.47. The molecule has 0 aromatic heterocycles. The second kappa shape index (κ2) is 6.01. The van der Waals surface area contributed by atoms with Crippen molar-refractivity contribution in [3.63, 3.8) is 0 Å². The van der Waals surface area contributed by atoms with E-state index < -0.39 is 37.3 Å². The Morgan fingerprint density at radius 2 is 1.91 bits per heavy atom. The third-order valence-corrected chi connectivity index (χ3v) is 4.66. The van der Waals surface area contributed by atoms with Gasteiger partial charge in [0.1, 0.15) is 5.25 Å². The van der Waals surface area contributed by atoms with Gasteiger partial charge in [0.15, 0.2) is 0 Å². The van der Waals surface area contributed by atoms with Gasteiger partial charge in [0, 0.05) is 6.07 Å². The van der Waals surface area contributed by atoms with E-state index in [2.05, 4.69) is 4.74 Å². The van der Waals surface area contributed by atoms with Crippen molar-refractivity contribution in [1.29, 1.82) is 0 Å². The minimum absolute atomic E-state index is 0.189. The number of nitro groups is 1. The normalized spacial score (nSPS) is 13.5. The molecule has 1 aromatic carbocycles. The number of nitrogens with two attached hydrogens (primary N) is 1. The standard InChI is InChI=1S/C13H18N2O6S/c1-13(2,3)11(22(14,19)20)10-8(12(16)21-4)6-5-7-9(10)15(17)18/h5-7,11H,1-4H3,(H2,14,19,20). The average molecular weight is 330 g/mol. The first-order chi connectivity index (χ1) is 9.91. The highest BCUT2D eigenvalue weighted by molar-refractivity contribution is 7.89. The van der Waals surface area contributed by atoms with Crippen LogP contribution >= 0.6 is 0 Å². The van der Waals surface area contributed by atoms with Crippen molar-refractivity contribution in [2.75, 3.05) is 7.11 Å². The predicted octanol–water partition coefficient (Wildman–Crippen LogP) is 1.76. The van der Waals surface area contributed by atoms with Crippen molar-refractivity contribution in [2.24, 2.45) is 10.6 Å². The zero-order chi connectivity index (χ0) is 17.3. The van der Waals surface area contributed by atoms with Gasteiger partial charge < -0.3 is 4.74 Å². The van der Waals surface area contributed by atoms with Gasteiger partial charge in [-0.2, -0.15) is 0 Å². The Morgan fingerprint density at radius 3 is 2.27 bits per heavy atom. The number of sulfonamides is 1. The van der Waals surface area contributed by atoms with Crippen LogP contribution in [-0.2, 0) is 14.8 Å². The minimum atomic E-state index is -4.21. The van der Waals surface area contributed by atoms with Crippen molar-refractivity contribution < 1.29 is 22.9 Å². The fourth-order valence-corrected chi connectivity index (χ4v) is 3.93. The molecule has 0 bridgehead atoms. The summed E-state index contributed by atoms with van der Waals surface area (Å²) in [5.74, 6) is -0.864. The van der Waals surface area contributed by atoms with Crippen molar-refractivity contribution in [2.45, 2.75) is 26.0 Å². The molecule has 8 nitrogen and oxygen atoms in total. The van der Waals surface area contributed by atoms with E-state index in [9.17, 15) is 23.3 Å². The van der Waals surface area contributed by atoms with Crippen LogP contribution in [0, 0.1) is 15.5 Å². The Morgan fingerprint density at radius 1 is 1.36 bits per heavy atom. The molecule has 0 fully saturated rings. The molecular weight excluding hydrogens is 312 g/mol. The van der Waals surface area contributed by atoms with Gasteiger partial charge >= 0.3 is 5.97 Å².